The topological polar surface area (TPSA) is 94.1 Å². The van der Waals surface area contributed by atoms with E-state index in [0.717, 1.165) is 29.5 Å². The third-order valence-electron chi connectivity index (χ3n) is 5.02. The maximum Gasteiger partial charge on any atom is 0.233 e. The van der Waals surface area contributed by atoms with Crippen LogP contribution >= 0.6 is 11.8 Å². The Morgan fingerprint density at radius 3 is 2.64 bits per heavy atom. The molecule has 0 spiro atoms. The summed E-state index contributed by atoms with van der Waals surface area (Å²) in [5, 5.41) is 9.48. The molecule has 2 aromatic rings. The van der Waals surface area contributed by atoms with Crippen LogP contribution in [-0.2, 0) is 16.1 Å². The predicted molar refractivity (Wildman–Crippen MR) is 110 cm³/mol. The average Bonchev–Trinajstić information content (AvgIpc) is 3.09. The zero-order valence-electron chi connectivity index (χ0n) is 16.4. The van der Waals surface area contributed by atoms with Gasteiger partial charge in [0.1, 0.15) is 0 Å². The van der Waals surface area contributed by atoms with Crippen LogP contribution in [0.3, 0.4) is 0 Å². The molecule has 3 rings (SSSR count). The number of nitrogens with zero attached hydrogens (tertiary/aromatic N) is 4. The van der Waals surface area contributed by atoms with Crippen molar-refractivity contribution < 1.29 is 9.59 Å². The Kier molecular flexibility index (Phi) is 6.72. The lowest BCUT2D eigenvalue weighted by Crippen LogP contribution is -2.42. The number of carbonyl (C=O) groups excluding carboxylic acids is 2. The number of thioether (sulfide) groups is 1. The summed E-state index contributed by atoms with van der Waals surface area (Å²) in [6, 6.07) is 8.20. The molecule has 2 heterocycles. The molecule has 0 saturated carbocycles. The largest absolute Gasteiger partial charge is 0.369 e. The first kappa shape index (κ1) is 20.4. The molecule has 2 N–H and O–H groups in total. The number of nitrogens with two attached hydrogens (primary N) is 1. The standard InChI is InChI=1S/C20H27N5O2S/c1-3-9-25-19(16-6-4-5-14(2)12-16)22-23-20(25)28-13-17(26)24-10-7-15(8-11-24)18(21)27/h4-6,12,15H,3,7-11,13H2,1-2H3,(H2,21,27). The van der Waals surface area contributed by atoms with E-state index in [9.17, 15) is 9.59 Å². The van der Waals surface area contributed by atoms with E-state index in [1.807, 2.05) is 17.0 Å². The zero-order chi connectivity index (χ0) is 20.1. The molecule has 150 valence electrons. The van der Waals surface area contributed by atoms with Gasteiger partial charge in [0.2, 0.25) is 11.8 Å². The van der Waals surface area contributed by atoms with Crippen molar-refractivity contribution in [2.45, 2.75) is 44.8 Å². The summed E-state index contributed by atoms with van der Waals surface area (Å²) in [7, 11) is 0. The van der Waals surface area contributed by atoms with Crippen LogP contribution in [0, 0.1) is 12.8 Å². The molecule has 1 aliphatic rings. The highest BCUT2D eigenvalue weighted by Crippen LogP contribution is 2.26. The lowest BCUT2D eigenvalue weighted by molar-refractivity contribution is -0.132. The molecule has 8 heteroatoms. The van der Waals surface area contributed by atoms with Crippen molar-refractivity contribution in [1.82, 2.24) is 19.7 Å². The number of primary amides is 1. The number of aryl methyl sites for hydroxylation is 1. The zero-order valence-corrected chi connectivity index (χ0v) is 17.2. The molecule has 0 bridgehead atoms. The van der Waals surface area contributed by atoms with E-state index >= 15 is 0 Å². The van der Waals surface area contributed by atoms with Crippen LogP contribution in [0.15, 0.2) is 29.4 Å². The van der Waals surface area contributed by atoms with Crippen molar-refractivity contribution in [1.29, 1.82) is 0 Å². The van der Waals surface area contributed by atoms with Gasteiger partial charge in [-0.3, -0.25) is 9.59 Å². The Hall–Kier alpha value is -2.35. The Labute approximate surface area is 169 Å². The Morgan fingerprint density at radius 1 is 1.25 bits per heavy atom. The third kappa shape index (κ3) is 4.73. The Morgan fingerprint density at radius 2 is 2.00 bits per heavy atom. The van der Waals surface area contributed by atoms with Gasteiger partial charge in [-0.05, 0) is 32.3 Å². The van der Waals surface area contributed by atoms with Crippen LogP contribution < -0.4 is 5.73 Å². The van der Waals surface area contributed by atoms with E-state index in [-0.39, 0.29) is 17.7 Å². The highest BCUT2D eigenvalue weighted by molar-refractivity contribution is 7.99. The Bertz CT molecular complexity index is 843. The van der Waals surface area contributed by atoms with Crippen LogP contribution in [0.5, 0.6) is 0 Å². The van der Waals surface area contributed by atoms with Crippen LogP contribution in [-0.4, -0.2) is 50.3 Å². The van der Waals surface area contributed by atoms with Gasteiger partial charge < -0.3 is 15.2 Å². The van der Waals surface area contributed by atoms with E-state index in [2.05, 4.69) is 40.7 Å². The number of likely N-dealkylation sites (tertiary alicyclic amines) is 1. The SMILES string of the molecule is CCCn1c(SCC(=O)N2CCC(C(N)=O)CC2)nnc1-c1cccc(C)c1. The average molecular weight is 402 g/mol. The van der Waals surface area contributed by atoms with Crippen molar-refractivity contribution in [3.05, 3.63) is 29.8 Å². The molecule has 28 heavy (non-hydrogen) atoms. The number of carbonyl (C=O) groups is 2. The summed E-state index contributed by atoms with van der Waals surface area (Å²) in [6.45, 7) is 6.14. The van der Waals surface area contributed by atoms with E-state index in [0.29, 0.717) is 31.7 Å². The summed E-state index contributed by atoms with van der Waals surface area (Å²) in [6.07, 6.45) is 2.25. The van der Waals surface area contributed by atoms with Crippen molar-refractivity contribution in [2.24, 2.45) is 11.7 Å². The second-order valence-corrected chi connectivity index (χ2v) is 8.12. The summed E-state index contributed by atoms with van der Waals surface area (Å²) >= 11 is 1.42. The maximum absolute atomic E-state index is 12.6. The minimum absolute atomic E-state index is 0.0658. The third-order valence-corrected chi connectivity index (χ3v) is 5.97. The van der Waals surface area contributed by atoms with Gasteiger partial charge in [0.15, 0.2) is 11.0 Å². The van der Waals surface area contributed by atoms with Gasteiger partial charge in [-0.15, -0.1) is 10.2 Å². The van der Waals surface area contributed by atoms with Crippen molar-refractivity contribution >= 4 is 23.6 Å². The van der Waals surface area contributed by atoms with Crippen LogP contribution in [0.1, 0.15) is 31.7 Å². The van der Waals surface area contributed by atoms with Crippen molar-refractivity contribution in [3.63, 3.8) is 0 Å². The molecule has 1 fully saturated rings. The van der Waals surface area contributed by atoms with Crippen molar-refractivity contribution in [2.75, 3.05) is 18.8 Å². The molecule has 1 aromatic heterocycles. The second kappa shape index (κ2) is 9.23. The molecule has 1 saturated heterocycles. The molecular weight excluding hydrogens is 374 g/mol. The van der Waals surface area contributed by atoms with Gasteiger partial charge in [0.05, 0.1) is 5.75 Å². The summed E-state index contributed by atoms with van der Waals surface area (Å²) in [4.78, 5) is 25.7. The highest BCUT2D eigenvalue weighted by Gasteiger charge is 2.26. The van der Waals surface area contributed by atoms with Gasteiger partial charge in [-0.25, -0.2) is 0 Å². The molecule has 0 atom stereocenters. The first-order valence-electron chi connectivity index (χ1n) is 9.69. The number of rotatable bonds is 7. The predicted octanol–water partition coefficient (Wildman–Crippen LogP) is 2.48. The molecule has 1 aliphatic heterocycles. The molecule has 0 radical (unpaired) electrons. The minimum atomic E-state index is -0.266. The van der Waals surface area contributed by atoms with Gasteiger partial charge in [0.25, 0.3) is 0 Å². The van der Waals surface area contributed by atoms with Gasteiger partial charge in [-0.2, -0.15) is 0 Å². The van der Waals surface area contributed by atoms with Crippen LogP contribution in [0.2, 0.25) is 0 Å². The number of amides is 2. The fourth-order valence-corrected chi connectivity index (χ4v) is 4.32. The fraction of sp³-hybridized carbons (Fsp3) is 0.500. The highest BCUT2D eigenvalue weighted by atomic mass is 32.2. The van der Waals surface area contributed by atoms with Gasteiger partial charge >= 0.3 is 0 Å². The monoisotopic (exact) mass is 401 g/mol. The molecule has 0 unspecified atom stereocenters. The fourth-order valence-electron chi connectivity index (χ4n) is 3.45. The quantitative estimate of drug-likeness (QED) is 0.719. The molecule has 1 aromatic carbocycles. The van der Waals surface area contributed by atoms with Crippen LogP contribution in [0.4, 0.5) is 0 Å². The lowest BCUT2D eigenvalue weighted by Gasteiger charge is -2.30. The molecule has 0 aliphatic carbocycles. The van der Waals surface area contributed by atoms with Gasteiger partial charge in [-0.1, -0.05) is 42.4 Å². The lowest BCUT2D eigenvalue weighted by atomic mass is 9.96. The smallest absolute Gasteiger partial charge is 0.233 e. The molecule has 7 nitrogen and oxygen atoms in total. The van der Waals surface area contributed by atoms with Crippen molar-refractivity contribution in [3.8, 4) is 11.4 Å². The minimum Gasteiger partial charge on any atom is -0.369 e. The number of benzene rings is 1. The van der Waals surface area contributed by atoms with E-state index < -0.39 is 0 Å². The number of hydrogen-bond acceptors (Lipinski definition) is 5. The Balaban J connectivity index is 1.66. The van der Waals surface area contributed by atoms with Gasteiger partial charge in [0, 0.05) is 31.1 Å². The summed E-state index contributed by atoms with van der Waals surface area (Å²) < 4.78 is 2.09. The first-order chi connectivity index (χ1) is 13.5. The van der Waals surface area contributed by atoms with E-state index in [1.165, 1.54) is 17.3 Å². The van der Waals surface area contributed by atoms with E-state index in [1.54, 1.807) is 0 Å². The molecular formula is C20H27N5O2S. The number of piperidine rings is 1. The first-order valence-corrected chi connectivity index (χ1v) is 10.7. The molecule has 2 amide bonds. The second-order valence-electron chi connectivity index (χ2n) is 7.17. The van der Waals surface area contributed by atoms with E-state index in [4.69, 9.17) is 5.73 Å². The summed E-state index contributed by atoms with van der Waals surface area (Å²) in [5.41, 5.74) is 7.57. The normalized spacial score (nSPS) is 15.0. The number of aromatic nitrogens is 3. The van der Waals surface area contributed by atoms with Crippen LogP contribution in [0.25, 0.3) is 11.4 Å². The summed E-state index contributed by atoms with van der Waals surface area (Å²) in [5.74, 6) is 0.842. The number of hydrogen-bond donors (Lipinski definition) is 1. The maximum atomic E-state index is 12.6.